The number of hydrogen-bond donors (Lipinski definition) is 0. The molecule has 340 valence electrons. The molecule has 4 nitrogen and oxygen atoms in total. The fourth-order valence-electron chi connectivity index (χ4n) is 12.8. The van der Waals surface area contributed by atoms with Crippen LogP contribution in [-0.4, -0.2) is 19.5 Å². The third-order valence-electron chi connectivity index (χ3n) is 15.8. The second-order valence-corrected chi connectivity index (χ2v) is 19.4. The first-order chi connectivity index (χ1) is 36.2. The Balaban J connectivity index is 1.02. The summed E-state index contributed by atoms with van der Waals surface area (Å²) in [6.45, 7) is 0. The number of para-hydroxylation sites is 1. The quantitative estimate of drug-likeness (QED) is 0.150. The summed E-state index contributed by atoms with van der Waals surface area (Å²) in [6, 6.07) is 96.6. The molecule has 0 atom stereocenters. The van der Waals surface area contributed by atoms with E-state index in [0.717, 1.165) is 55.9 Å². The summed E-state index contributed by atoms with van der Waals surface area (Å²) < 4.78 is 2.44. The van der Waals surface area contributed by atoms with Crippen molar-refractivity contribution in [2.24, 2.45) is 0 Å². The Kier molecular flexibility index (Phi) is 9.05. The maximum absolute atomic E-state index is 5.97. The van der Waals surface area contributed by atoms with E-state index in [1.165, 1.54) is 54.7 Å². The molecule has 0 fully saturated rings. The van der Waals surface area contributed by atoms with Gasteiger partial charge >= 0.3 is 0 Å². The minimum Gasteiger partial charge on any atom is -0.309 e. The Hall–Kier alpha value is -9.51. The first-order valence-corrected chi connectivity index (χ1v) is 25.1. The summed E-state index contributed by atoms with van der Waals surface area (Å²) in [5.41, 5.74) is 15.1. The molecular formula is C69H44N4. The SMILES string of the molecule is c1ccc(-n2c(-c3ccc(-c4nc(C5(c6ccccc6)c6ccccc6-c6ccccc65)nc(C5(c6ccccc6)c6ccccc6-c6ccccc65)n4)cc3)cc3c4ccccc4c4ccccc4c32)cc1. The Morgan fingerprint density at radius 3 is 1.11 bits per heavy atom. The molecule has 73 heavy (non-hydrogen) atoms. The lowest BCUT2D eigenvalue weighted by molar-refractivity contribution is 0.631. The van der Waals surface area contributed by atoms with Crippen LogP contribution in [-0.2, 0) is 10.8 Å². The van der Waals surface area contributed by atoms with Crippen LogP contribution >= 0.6 is 0 Å². The van der Waals surface area contributed by atoms with Crippen LogP contribution in [0.4, 0.5) is 0 Å². The highest BCUT2D eigenvalue weighted by Gasteiger charge is 2.52. The fourth-order valence-corrected chi connectivity index (χ4v) is 12.8. The molecule has 0 unspecified atom stereocenters. The number of nitrogens with zero attached hydrogens (tertiary/aromatic N) is 4. The molecule has 11 aromatic carbocycles. The number of rotatable bonds is 7. The zero-order valence-electron chi connectivity index (χ0n) is 39.7. The largest absolute Gasteiger partial charge is 0.309 e. The van der Waals surface area contributed by atoms with E-state index in [1.807, 2.05) is 0 Å². The molecule has 15 rings (SSSR count). The maximum atomic E-state index is 5.97. The Morgan fingerprint density at radius 1 is 0.288 bits per heavy atom. The third kappa shape index (κ3) is 5.80. The molecule has 4 heteroatoms. The summed E-state index contributed by atoms with van der Waals surface area (Å²) >= 11 is 0. The lowest BCUT2D eigenvalue weighted by Crippen LogP contribution is -2.36. The summed E-state index contributed by atoms with van der Waals surface area (Å²) in [7, 11) is 0. The molecule has 2 aliphatic carbocycles. The van der Waals surface area contributed by atoms with Gasteiger partial charge in [-0.05, 0) is 95.6 Å². The van der Waals surface area contributed by atoms with Gasteiger partial charge in [-0.3, -0.25) is 0 Å². The minimum atomic E-state index is -0.876. The predicted molar refractivity (Wildman–Crippen MR) is 297 cm³/mol. The van der Waals surface area contributed by atoms with Gasteiger partial charge in [-0.15, -0.1) is 0 Å². The van der Waals surface area contributed by atoms with Crippen molar-refractivity contribution in [3.05, 3.63) is 312 Å². The standard InChI is InChI=1S/C69H44N4/c1-4-22-47(23-5-1)68(59-36-18-14-31-53(59)54-32-15-19-37-60(54)68)66-70-65(71-67(72-66)69(48-24-6-2-7-25-48)61-38-20-16-33-55(61)56-34-17-21-39-62(56)69)46-42-40-45(41-43-46)63-44-58-52-30-11-10-28-50(52)51-29-12-13-35-57(51)64(58)73(63)49-26-8-3-9-27-49/h1-44H. The maximum Gasteiger partial charge on any atom is 0.163 e. The molecule has 0 bridgehead atoms. The van der Waals surface area contributed by atoms with E-state index in [1.54, 1.807) is 0 Å². The summed E-state index contributed by atoms with van der Waals surface area (Å²) in [5.74, 6) is 1.97. The van der Waals surface area contributed by atoms with Crippen molar-refractivity contribution in [3.8, 4) is 50.6 Å². The number of benzene rings is 11. The topological polar surface area (TPSA) is 43.6 Å². The predicted octanol–water partition coefficient (Wildman–Crippen LogP) is 16.2. The van der Waals surface area contributed by atoms with Crippen LogP contribution in [0.15, 0.2) is 267 Å². The average molecular weight is 929 g/mol. The van der Waals surface area contributed by atoms with Crippen LogP contribution in [0.5, 0.6) is 0 Å². The van der Waals surface area contributed by atoms with Gasteiger partial charge in [0.2, 0.25) is 0 Å². The fraction of sp³-hybridized carbons (Fsp3) is 0.0290. The molecule has 0 aliphatic heterocycles. The molecule has 0 N–H and O–H groups in total. The summed E-state index contributed by atoms with van der Waals surface area (Å²) in [6.07, 6.45) is 0. The first kappa shape index (κ1) is 41.3. The highest BCUT2D eigenvalue weighted by atomic mass is 15.1. The molecule has 0 spiro atoms. The van der Waals surface area contributed by atoms with Gasteiger partial charge in [-0.25, -0.2) is 15.0 Å². The van der Waals surface area contributed by atoms with Gasteiger partial charge in [0.15, 0.2) is 17.5 Å². The summed E-state index contributed by atoms with van der Waals surface area (Å²) in [4.78, 5) is 17.5. The second-order valence-electron chi connectivity index (χ2n) is 19.4. The molecule has 13 aromatic rings. The third-order valence-corrected chi connectivity index (χ3v) is 15.8. The van der Waals surface area contributed by atoms with Crippen LogP contribution in [0.25, 0.3) is 83.0 Å². The minimum absolute atomic E-state index is 0.612. The van der Waals surface area contributed by atoms with E-state index in [4.69, 9.17) is 15.0 Å². The van der Waals surface area contributed by atoms with Gasteiger partial charge in [0, 0.05) is 22.0 Å². The van der Waals surface area contributed by atoms with Crippen molar-refractivity contribution in [3.63, 3.8) is 0 Å². The van der Waals surface area contributed by atoms with E-state index in [9.17, 15) is 0 Å². The molecule has 2 aliphatic rings. The monoisotopic (exact) mass is 928 g/mol. The van der Waals surface area contributed by atoms with E-state index >= 15 is 0 Å². The average Bonchev–Trinajstić information content (AvgIpc) is 4.13. The van der Waals surface area contributed by atoms with Gasteiger partial charge in [-0.2, -0.15) is 0 Å². The van der Waals surface area contributed by atoms with Crippen molar-refractivity contribution >= 4 is 32.4 Å². The summed E-state index contributed by atoms with van der Waals surface area (Å²) in [5, 5.41) is 6.17. The Labute approximate surface area is 423 Å². The molecule has 0 saturated carbocycles. The van der Waals surface area contributed by atoms with Gasteiger partial charge in [-0.1, -0.05) is 249 Å². The van der Waals surface area contributed by atoms with Gasteiger partial charge in [0.25, 0.3) is 0 Å². The van der Waals surface area contributed by atoms with E-state index < -0.39 is 10.8 Å². The van der Waals surface area contributed by atoms with E-state index in [-0.39, 0.29) is 0 Å². The van der Waals surface area contributed by atoms with E-state index in [0.29, 0.717) is 17.5 Å². The van der Waals surface area contributed by atoms with Gasteiger partial charge < -0.3 is 4.57 Å². The lowest BCUT2D eigenvalue weighted by atomic mass is 9.70. The van der Waals surface area contributed by atoms with Crippen LogP contribution in [0.2, 0.25) is 0 Å². The first-order valence-electron chi connectivity index (χ1n) is 25.1. The van der Waals surface area contributed by atoms with Crippen molar-refractivity contribution < 1.29 is 0 Å². The van der Waals surface area contributed by atoms with Crippen LogP contribution in [0, 0.1) is 0 Å². The molecular weight excluding hydrogens is 885 g/mol. The molecule has 2 heterocycles. The Bertz CT molecular complexity index is 4060. The molecule has 0 saturated heterocycles. The molecule has 0 radical (unpaired) electrons. The zero-order chi connectivity index (χ0) is 48.1. The normalized spacial score (nSPS) is 13.7. The second kappa shape index (κ2) is 16.0. The highest BCUT2D eigenvalue weighted by molar-refractivity contribution is 6.25. The van der Waals surface area contributed by atoms with Crippen molar-refractivity contribution in [2.45, 2.75) is 10.8 Å². The van der Waals surface area contributed by atoms with Crippen LogP contribution in [0.3, 0.4) is 0 Å². The van der Waals surface area contributed by atoms with Crippen LogP contribution in [0.1, 0.15) is 45.0 Å². The van der Waals surface area contributed by atoms with Gasteiger partial charge in [0.05, 0.1) is 11.2 Å². The zero-order valence-corrected chi connectivity index (χ0v) is 39.7. The van der Waals surface area contributed by atoms with Crippen LogP contribution < -0.4 is 0 Å². The van der Waals surface area contributed by atoms with Crippen molar-refractivity contribution in [1.82, 2.24) is 19.5 Å². The smallest absolute Gasteiger partial charge is 0.163 e. The number of aromatic nitrogens is 4. The molecule has 2 aromatic heterocycles. The highest BCUT2D eigenvalue weighted by Crippen LogP contribution is 2.58. The van der Waals surface area contributed by atoms with E-state index in [2.05, 4.69) is 271 Å². The van der Waals surface area contributed by atoms with Crippen molar-refractivity contribution in [1.29, 1.82) is 0 Å². The number of hydrogen-bond acceptors (Lipinski definition) is 3. The van der Waals surface area contributed by atoms with Crippen molar-refractivity contribution in [2.75, 3.05) is 0 Å². The molecule has 0 amide bonds. The lowest BCUT2D eigenvalue weighted by Gasteiger charge is -2.35. The van der Waals surface area contributed by atoms with Gasteiger partial charge in [0.1, 0.15) is 10.8 Å². The Morgan fingerprint density at radius 2 is 0.644 bits per heavy atom. The number of fused-ring (bicyclic) bond motifs is 12.